The van der Waals surface area contributed by atoms with Crippen molar-refractivity contribution in [2.45, 2.75) is 65.9 Å². The number of likely N-dealkylation sites (tertiary alicyclic amines) is 1. The van der Waals surface area contributed by atoms with Crippen LogP contribution in [-0.4, -0.2) is 48.3 Å². The molecule has 1 heterocycles. The van der Waals surface area contributed by atoms with Gasteiger partial charge in [-0.05, 0) is 63.7 Å². The number of piperidine rings is 1. The van der Waals surface area contributed by atoms with E-state index in [-0.39, 0.29) is 6.10 Å². The van der Waals surface area contributed by atoms with Crippen molar-refractivity contribution in [3.05, 3.63) is 28.8 Å². The Morgan fingerprint density at radius 3 is 2.69 bits per heavy atom. The number of aryl methyl sites for hydroxylation is 1. The number of ether oxygens (including phenoxy) is 1. The molecule has 3 N–H and O–H groups in total. The van der Waals surface area contributed by atoms with Crippen molar-refractivity contribution in [3.8, 4) is 11.8 Å². The minimum atomic E-state index is -0.405. The summed E-state index contributed by atoms with van der Waals surface area (Å²) in [7, 11) is 0. The summed E-state index contributed by atoms with van der Waals surface area (Å²) in [6, 6.07) is 5.76. The summed E-state index contributed by atoms with van der Waals surface area (Å²) >= 11 is 0. The van der Waals surface area contributed by atoms with Gasteiger partial charge in [0.15, 0.2) is 0 Å². The van der Waals surface area contributed by atoms with Crippen molar-refractivity contribution in [3.63, 3.8) is 0 Å². The number of nitrogens with two attached hydrogens (primary N) is 1. The van der Waals surface area contributed by atoms with E-state index < -0.39 is 5.91 Å². The van der Waals surface area contributed by atoms with E-state index in [1.165, 1.54) is 0 Å². The fourth-order valence-electron chi connectivity index (χ4n) is 3.33. The van der Waals surface area contributed by atoms with Gasteiger partial charge < -0.3 is 20.5 Å². The predicted octanol–water partition coefficient (Wildman–Crippen LogP) is 3.57. The summed E-state index contributed by atoms with van der Waals surface area (Å²) in [5, 5.41) is 18.0. The molecule has 29 heavy (non-hydrogen) atoms. The van der Waals surface area contributed by atoms with Crippen molar-refractivity contribution in [2.24, 2.45) is 11.7 Å². The number of unbranched alkanes of at least 4 members (excludes halogenated alkanes) is 2. The normalized spacial score (nSPS) is 19.0. The first-order chi connectivity index (χ1) is 13.8. The second-order valence-corrected chi connectivity index (χ2v) is 7.85. The topological polar surface area (TPSA) is 99.6 Å². The van der Waals surface area contributed by atoms with Crippen LogP contribution in [0.3, 0.4) is 0 Å². The third-order valence-electron chi connectivity index (χ3n) is 5.38. The van der Waals surface area contributed by atoms with Gasteiger partial charge in [-0.2, -0.15) is 5.26 Å². The van der Waals surface area contributed by atoms with Crippen LogP contribution in [0.25, 0.3) is 0 Å². The zero-order chi connectivity index (χ0) is 21.8. The number of hydrogen-bond acceptors (Lipinski definition) is 5. The smallest absolute Gasteiger partial charge is 0.249 e. The molecule has 2 atom stereocenters. The number of benzene rings is 1. The van der Waals surface area contributed by atoms with Crippen molar-refractivity contribution in [1.29, 1.82) is 5.26 Å². The van der Waals surface area contributed by atoms with E-state index in [2.05, 4.69) is 24.8 Å². The quantitative estimate of drug-likeness (QED) is 0.646. The third-order valence-corrected chi connectivity index (χ3v) is 5.38. The van der Waals surface area contributed by atoms with Crippen molar-refractivity contribution >= 4 is 5.91 Å². The molecule has 2 rings (SSSR count). The van der Waals surface area contributed by atoms with Gasteiger partial charge in [0.2, 0.25) is 5.91 Å². The summed E-state index contributed by atoms with van der Waals surface area (Å²) in [4.78, 5) is 13.4. The Morgan fingerprint density at radius 1 is 1.38 bits per heavy atom. The van der Waals surface area contributed by atoms with Crippen LogP contribution < -0.4 is 10.5 Å². The van der Waals surface area contributed by atoms with E-state index in [1.54, 1.807) is 6.07 Å². The standard InChI is InChI=1S/C13H19NO2.C10H18N2O/c1-4-5-8-16-12-9(2)6-7-11(10(12)3)13(14)15;1-9-4-7-12(8-10(9)13)6-3-2-5-11/h6-7H,4-5,8H2,1-3H3,(H2,14,15);9-10,13H,2-4,6-8H2,1H3/t;9-,10-/m.1/s1. The highest BCUT2D eigenvalue weighted by molar-refractivity contribution is 5.95. The first kappa shape index (κ1) is 24.9. The van der Waals surface area contributed by atoms with E-state index in [1.807, 2.05) is 19.9 Å². The molecule has 6 heteroatoms. The summed E-state index contributed by atoms with van der Waals surface area (Å²) in [6.45, 7) is 11.5. The number of β-amino-alcohol motifs (C(OH)–C–C–N with tert-alkyl or cyclic N) is 1. The molecule has 0 radical (unpaired) electrons. The number of rotatable bonds is 8. The van der Waals surface area contributed by atoms with E-state index >= 15 is 0 Å². The van der Waals surface area contributed by atoms with E-state index in [0.29, 0.717) is 24.5 Å². The van der Waals surface area contributed by atoms with E-state index in [4.69, 9.17) is 15.7 Å². The Balaban J connectivity index is 0.000000296. The second-order valence-electron chi connectivity index (χ2n) is 7.85. The fourth-order valence-corrected chi connectivity index (χ4v) is 3.33. The number of nitrogens with zero attached hydrogens (tertiary/aromatic N) is 2. The number of amides is 1. The van der Waals surface area contributed by atoms with Crippen LogP contribution >= 0.6 is 0 Å². The molecular formula is C23H37N3O3. The number of aliphatic hydroxyl groups is 1. The number of nitriles is 1. The second kappa shape index (κ2) is 13.2. The monoisotopic (exact) mass is 403 g/mol. The molecule has 1 aliphatic heterocycles. The lowest BCUT2D eigenvalue weighted by molar-refractivity contribution is 0.0290. The zero-order valence-electron chi connectivity index (χ0n) is 18.4. The molecule has 0 unspecified atom stereocenters. The van der Waals surface area contributed by atoms with Gasteiger partial charge >= 0.3 is 0 Å². The van der Waals surface area contributed by atoms with Gasteiger partial charge in [-0.1, -0.05) is 26.3 Å². The number of primary amides is 1. The molecule has 1 amide bonds. The molecular weight excluding hydrogens is 366 g/mol. The Labute approximate surface area is 175 Å². The van der Waals surface area contributed by atoms with Crippen molar-refractivity contribution in [1.82, 2.24) is 4.90 Å². The summed E-state index contributed by atoms with van der Waals surface area (Å²) < 4.78 is 5.69. The fraction of sp³-hybridized carbons (Fsp3) is 0.652. The van der Waals surface area contributed by atoms with Crippen LogP contribution in [0.4, 0.5) is 0 Å². The highest BCUT2D eigenvalue weighted by Crippen LogP contribution is 2.26. The van der Waals surface area contributed by atoms with Crippen LogP contribution in [0, 0.1) is 31.1 Å². The first-order valence-corrected chi connectivity index (χ1v) is 10.6. The maximum Gasteiger partial charge on any atom is 0.249 e. The predicted molar refractivity (Wildman–Crippen MR) is 116 cm³/mol. The van der Waals surface area contributed by atoms with Crippen LogP contribution in [0.5, 0.6) is 5.75 Å². The van der Waals surface area contributed by atoms with Crippen LogP contribution in [0.15, 0.2) is 12.1 Å². The molecule has 1 fully saturated rings. The summed E-state index contributed by atoms with van der Waals surface area (Å²) in [5.41, 5.74) is 7.71. The van der Waals surface area contributed by atoms with Crippen molar-refractivity contribution in [2.75, 3.05) is 26.2 Å². The van der Waals surface area contributed by atoms with Gasteiger partial charge in [0.25, 0.3) is 0 Å². The maximum atomic E-state index is 11.2. The maximum absolute atomic E-state index is 11.2. The van der Waals surface area contributed by atoms with Gasteiger partial charge in [-0.3, -0.25) is 4.79 Å². The Hall–Kier alpha value is -2.10. The Bertz CT molecular complexity index is 685. The van der Waals surface area contributed by atoms with Gasteiger partial charge in [0, 0.05) is 24.1 Å². The van der Waals surface area contributed by atoms with Crippen LogP contribution in [-0.2, 0) is 0 Å². The van der Waals surface area contributed by atoms with Crippen molar-refractivity contribution < 1.29 is 14.6 Å². The Kier molecular flexibility index (Phi) is 11.3. The highest BCUT2D eigenvalue weighted by Gasteiger charge is 2.23. The minimum absolute atomic E-state index is 0.171. The molecule has 1 aliphatic rings. The highest BCUT2D eigenvalue weighted by atomic mass is 16.5. The lowest BCUT2D eigenvalue weighted by Crippen LogP contribution is -2.43. The molecule has 0 aliphatic carbocycles. The van der Waals surface area contributed by atoms with Gasteiger partial charge in [-0.25, -0.2) is 0 Å². The number of carbonyl (C=O) groups excluding carboxylic acids is 1. The molecule has 6 nitrogen and oxygen atoms in total. The lowest BCUT2D eigenvalue weighted by Gasteiger charge is -2.34. The average Bonchev–Trinajstić information content (AvgIpc) is 2.68. The third kappa shape index (κ3) is 8.43. The minimum Gasteiger partial charge on any atom is -0.493 e. The number of carbonyl (C=O) groups is 1. The summed E-state index contributed by atoms with van der Waals surface area (Å²) in [5.74, 6) is 0.829. The molecule has 0 bridgehead atoms. The largest absolute Gasteiger partial charge is 0.493 e. The number of hydrogen-bond donors (Lipinski definition) is 2. The molecule has 162 valence electrons. The summed E-state index contributed by atoms with van der Waals surface area (Å²) in [6.07, 6.45) is 4.57. The molecule has 0 spiro atoms. The Morgan fingerprint density at radius 2 is 2.10 bits per heavy atom. The SMILES string of the molecule is CCCCOc1c(C)ccc(C(N)=O)c1C.C[C@@H]1CCN(CCCC#N)C[C@H]1O. The molecule has 1 aromatic rings. The molecule has 1 aromatic carbocycles. The zero-order valence-corrected chi connectivity index (χ0v) is 18.4. The molecule has 0 saturated carbocycles. The average molecular weight is 404 g/mol. The van der Waals surface area contributed by atoms with Crippen LogP contribution in [0.1, 0.15) is 67.4 Å². The number of aliphatic hydroxyl groups excluding tert-OH is 1. The van der Waals surface area contributed by atoms with E-state index in [0.717, 1.165) is 62.2 Å². The first-order valence-electron chi connectivity index (χ1n) is 10.6. The lowest BCUT2D eigenvalue weighted by atomic mass is 9.96. The molecule has 0 aromatic heterocycles. The molecule has 1 saturated heterocycles. The van der Waals surface area contributed by atoms with Crippen LogP contribution in [0.2, 0.25) is 0 Å². The van der Waals surface area contributed by atoms with Gasteiger partial charge in [0.05, 0.1) is 18.8 Å². The van der Waals surface area contributed by atoms with E-state index in [9.17, 15) is 9.90 Å². The van der Waals surface area contributed by atoms with Gasteiger partial charge in [0.1, 0.15) is 5.75 Å². The van der Waals surface area contributed by atoms with Gasteiger partial charge in [-0.15, -0.1) is 0 Å².